The summed E-state index contributed by atoms with van der Waals surface area (Å²) in [6, 6.07) is 16.0. The summed E-state index contributed by atoms with van der Waals surface area (Å²) in [5.41, 5.74) is 1.96. The summed E-state index contributed by atoms with van der Waals surface area (Å²) in [6.07, 6.45) is -4.36. The first-order valence-electron chi connectivity index (χ1n) is 11.0. The van der Waals surface area contributed by atoms with Gasteiger partial charge in [0.25, 0.3) is 5.91 Å². The Morgan fingerprint density at radius 3 is 2.38 bits per heavy atom. The number of benzene rings is 2. The van der Waals surface area contributed by atoms with Crippen LogP contribution >= 0.6 is 0 Å². The molecular weight excluding hydrogens is 449 g/mol. The van der Waals surface area contributed by atoms with E-state index in [1.54, 1.807) is 29.2 Å². The molecule has 0 saturated carbocycles. The predicted molar refractivity (Wildman–Crippen MR) is 118 cm³/mol. The molecule has 2 aromatic carbocycles. The number of halogens is 3. The number of rotatable bonds is 7. The Kier molecular flexibility index (Phi) is 7.28. The fourth-order valence-corrected chi connectivity index (χ4v) is 3.79. The van der Waals surface area contributed by atoms with E-state index in [1.165, 1.54) is 0 Å². The van der Waals surface area contributed by atoms with Gasteiger partial charge in [0.2, 0.25) is 11.7 Å². The van der Waals surface area contributed by atoms with Crippen molar-refractivity contribution in [2.45, 2.75) is 25.7 Å². The highest BCUT2D eigenvalue weighted by Crippen LogP contribution is 2.24. The first kappa shape index (κ1) is 23.9. The number of hydrogen-bond donors (Lipinski definition) is 0. The molecule has 1 fully saturated rings. The van der Waals surface area contributed by atoms with Crippen LogP contribution in [0.2, 0.25) is 0 Å². The molecule has 10 heteroatoms. The van der Waals surface area contributed by atoms with E-state index in [2.05, 4.69) is 19.8 Å². The molecule has 1 atom stereocenters. The van der Waals surface area contributed by atoms with E-state index in [0.717, 1.165) is 5.56 Å². The lowest BCUT2D eigenvalue weighted by molar-refractivity contribution is -0.176. The molecule has 34 heavy (non-hydrogen) atoms. The minimum Gasteiger partial charge on any atom is -0.367 e. The molecule has 4 rings (SSSR count). The summed E-state index contributed by atoms with van der Waals surface area (Å²) >= 11 is 0. The summed E-state index contributed by atoms with van der Waals surface area (Å²) in [6.45, 7) is 2.93. The highest BCUT2D eigenvalue weighted by atomic mass is 19.4. The second kappa shape index (κ2) is 10.4. The zero-order chi connectivity index (χ0) is 24.1. The molecule has 3 aromatic rings. The molecule has 2 heterocycles. The van der Waals surface area contributed by atoms with Crippen LogP contribution in [0.5, 0.6) is 0 Å². The van der Waals surface area contributed by atoms with Gasteiger partial charge in [-0.1, -0.05) is 47.6 Å². The van der Waals surface area contributed by atoms with Crippen LogP contribution in [0.3, 0.4) is 0 Å². The number of alkyl halides is 3. The van der Waals surface area contributed by atoms with Crippen LogP contribution in [0.15, 0.2) is 59.1 Å². The SMILES string of the molecule is CC(c1nc(-c2ccccc2)no1)N1CCN(C(=O)c2ccc(COCC(F)(F)F)cc2)CC1. The number of amides is 1. The van der Waals surface area contributed by atoms with Crippen molar-refractivity contribution >= 4 is 5.91 Å². The topological polar surface area (TPSA) is 71.7 Å². The number of piperazine rings is 1. The lowest BCUT2D eigenvalue weighted by atomic mass is 10.1. The molecule has 1 aliphatic heterocycles. The van der Waals surface area contributed by atoms with Crippen molar-refractivity contribution in [2.75, 3.05) is 32.8 Å². The predicted octanol–water partition coefficient (Wildman–Crippen LogP) is 4.33. The number of hydrogen-bond acceptors (Lipinski definition) is 6. The Labute approximate surface area is 195 Å². The van der Waals surface area contributed by atoms with E-state index in [9.17, 15) is 18.0 Å². The molecular formula is C24H25F3N4O3. The Morgan fingerprint density at radius 1 is 1.06 bits per heavy atom. The summed E-state index contributed by atoms with van der Waals surface area (Å²) in [5, 5.41) is 4.08. The van der Waals surface area contributed by atoms with E-state index in [-0.39, 0.29) is 18.6 Å². The fourth-order valence-electron chi connectivity index (χ4n) is 3.79. The second-order valence-corrected chi connectivity index (χ2v) is 8.13. The van der Waals surface area contributed by atoms with Crippen molar-refractivity contribution < 1.29 is 27.2 Å². The molecule has 1 saturated heterocycles. The second-order valence-electron chi connectivity index (χ2n) is 8.13. The number of ether oxygens (including phenoxy) is 1. The third-order valence-electron chi connectivity index (χ3n) is 5.72. The molecule has 1 aromatic heterocycles. The Morgan fingerprint density at radius 2 is 1.74 bits per heavy atom. The largest absolute Gasteiger partial charge is 0.411 e. The van der Waals surface area contributed by atoms with Crippen molar-refractivity contribution in [3.05, 3.63) is 71.6 Å². The zero-order valence-corrected chi connectivity index (χ0v) is 18.7. The third kappa shape index (κ3) is 6.00. The maximum atomic E-state index is 12.8. The van der Waals surface area contributed by atoms with Gasteiger partial charge in [0.1, 0.15) is 6.61 Å². The Balaban J connectivity index is 1.28. The zero-order valence-electron chi connectivity index (χ0n) is 18.7. The first-order valence-corrected chi connectivity index (χ1v) is 11.0. The standard InChI is InChI=1S/C24H25F3N4O3/c1-17(22-28-21(29-34-22)19-5-3-2-4-6-19)30-11-13-31(14-12-30)23(32)20-9-7-18(8-10-20)15-33-16-24(25,26)27/h2-10,17H,11-16H2,1H3. The fraction of sp³-hybridized carbons (Fsp3) is 0.375. The molecule has 1 amide bonds. The molecule has 1 unspecified atom stereocenters. The van der Waals surface area contributed by atoms with Gasteiger partial charge >= 0.3 is 6.18 Å². The smallest absolute Gasteiger partial charge is 0.367 e. The van der Waals surface area contributed by atoms with Gasteiger partial charge in [-0.3, -0.25) is 9.69 Å². The summed E-state index contributed by atoms with van der Waals surface area (Å²) < 4.78 is 46.7. The molecule has 0 N–H and O–H groups in total. The molecule has 1 aliphatic rings. The van der Waals surface area contributed by atoms with Crippen LogP contribution in [0.25, 0.3) is 11.4 Å². The van der Waals surface area contributed by atoms with Gasteiger partial charge in [-0.15, -0.1) is 0 Å². The van der Waals surface area contributed by atoms with Crippen LogP contribution in [-0.2, 0) is 11.3 Å². The lowest BCUT2D eigenvalue weighted by Gasteiger charge is -2.36. The van der Waals surface area contributed by atoms with E-state index in [0.29, 0.717) is 49.0 Å². The van der Waals surface area contributed by atoms with Gasteiger partial charge in [0, 0.05) is 37.3 Å². The molecule has 0 spiro atoms. The number of carbonyl (C=O) groups excluding carboxylic acids is 1. The number of nitrogens with zero attached hydrogens (tertiary/aromatic N) is 4. The van der Waals surface area contributed by atoms with Crippen molar-refractivity contribution in [2.24, 2.45) is 0 Å². The van der Waals surface area contributed by atoms with Crippen LogP contribution in [0.4, 0.5) is 13.2 Å². The molecule has 0 aliphatic carbocycles. The average molecular weight is 474 g/mol. The average Bonchev–Trinajstić information content (AvgIpc) is 3.34. The quantitative estimate of drug-likeness (QED) is 0.508. The van der Waals surface area contributed by atoms with E-state index in [1.807, 2.05) is 37.3 Å². The highest BCUT2D eigenvalue weighted by molar-refractivity contribution is 5.94. The van der Waals surface area contributed by atoms with Crippen LogP contribution in [-0.4, -0.2) is 64.8 Å². The van der Waals surface area contributed by atoms with Crippen LogP contribution in [0, 0.1) is 0 Å². The maximum absolute atomic E-state index is 12.8. The summed E-state index contributed by atoms with van der Waals surface area (Å²) in [5.74, 6) is 0.963. The molecule has 0 radical (unpaired) electrons. The maximum Gasteiger partial charge on any atom is 0.411 e. The normalized spacial score (nSPS) is 15.9. The minimum absolute atomic E-state index is 0.0850. The van der Waals surface area contributed by atoms with Crippen molar-refractivity contribution in [1.82, 2.24) is 19.9 Å². The monoisotopic (exact) mass is 474 g/mol. The van der Waals surface area contributed by atoms with Crippen molar-refractivity contribution in [1.29, 1.82) is 0 Å². The minimum atomic E-state index is -4.36. The van der Waals surface area contributed by atoms with Crippen molar-refractivity contribution in [3.63, 3.8) is 0 Å². The van der Waals surface area contributed by atoms with Gasteiger partial charge in [-0.25, -0.2) is 0 Å². The van der Waals surface area contributed by atoms with E-state index >= 15 is 0 Å². The van der Waals surface area contributed by atoms with E-state index in [4.69, 9.17) is 4.52 Å². The number of aromatic nitrogens is 2. The lowest BCUT2D eigenvalue weighted by Crippen LogP contribution is -2.49. The van der Waals surface area contributed by atoms with Gasteiger partial charge < -0.3 is 14.2 Å². The van der Waals surface area contributed by atoms with Crippen molar-refractivity contribution in [3.8, 4) is 11.4 Å². The molecule has 180 valence electrons. The first-order chi connectivity index (χ1) is 16.3. The highest BCUT2D eigenvalue weighted by Gasteiger charge is 2.29. The van der Waals surface area contributed by atoms with Crippen LogP contribution < -0.4 is 0 Å². The molecule has 0 bridgehead atoms. The summed E-state index contributed by atoms with van der Waals surface area (Å²) in [4.78, 5) is 21.3. The van der Waals surface area contributed by atoms with E-state index < -0.39 is 12.8 Å². The number of carbonyl (C=O) groups is 1. The Bertz CT molecular complexity index is 1080. The van der Waals surface area contributed by atoms with Crippen LogP contribution in [0.1, 0.15) is 34.8 Å². The molecule has 7 nitrogen and oxygen atoms in total. The van der Waals surface area contributed by atoms with Gasteiger partial charge in [-0.05, 0) is 24.6 Å². The third-order valence-corrected chi connectivity index (χ3v) is 5.72. The Hall–Kier alpha value is -3.24. The van der Waals surface area contributed by atoms with Gasteiger partial charge in [-0.2, -0.15) is 18.2 Å². The summed E-state index contributed by atoms with van der Waals surface area (Å²) in [7, 11) is 0. The van der Waals surface area contributed by atoms with Gasteiger partial charge in [0.15, 0.2) is 0 Å². The van der Waals surface area contributed by atoms with Gasteiger partial charge in [0.05, 0.1) is 12.6 Å².